The lowest BCUT2D eigenvalue weighted by Gasteiger charge is -2.29. The minimum absolute atomic E-state index is 1.03. The average Bonchev–Trinajstić information content (AvgIpc) is 2.64. The monoisotopic (exact) mass is 301 g/mol. The van der Waals surface area contributed by atoms with Crippen LogP contribution in [0.3, 0.4) is 0 Å². The minimum atomic E-state index is 1.03. The molecule has 1 heteroatoms. The molecule has 3 aromatic carbocycles. The van der Waals surface area contributed by atoms with E-state index in [0.29, 0.717) is 0 Å². The topological polar surface area (TPSA) is 3.24 Å². The molecule has 0 aliphatic rings. The Bertz CT molecular complexity index is 686. The predicted molar refractivity (Wildman–Crippen MR) is 99.9 cm³/mol. The highest BCUT2D eigenvalue weighted by atomic mass is 15.1. The molecule has 3 rings (SSSR count). The standard InChI is InChI=1S/C22H23N/c1-3-18-12-11-13-19(4-2)22(18)23(20-14-7-5-8-15-20)21-16-9-6-10-17-21/h5-17H,3-4H2,1-2H3. The van der Waals surface area contributed by atoms with Gasteiger partial charge in [0.15, 0.2) is 0 Å². The van der Waals surface area contributed by atoms with Gasteiger partial charge >= 0.3 is 0 Å². The average molecular weight is 301 g/mol. The number of hydrogen-bond donors (Lipinski definition) is 0. The van der Waals surface area contributed by atoms with E-state index in [4.69, 9.17) is 0 Å². The third-order valence-corrected chi connectivity index (χ3v) is 4.22. The lowest BCUT2D eigenvalue weighted by atomic mass is 10.0. The van der Waals surface area contributed by atoms with Crippen LogP contribution in [-0.4, -0.2) is 0 Å². The van der Waals surface area contributed by atoms with E-state index in [1.807, 2.05) is 0 Å². The van der Waals surface area contributed by atoms with Gasteiger partial charge in [0, 0.05) is 11.4 Å². The molecule has 3 aromatic rings. The highest BCUT2D eigenvalue weighted by Crippen LogP contribution is 2.39. The van der Waals surface area contributed by atoms with Crippen molar-refractivity contribution in [2.24, 2.45) is 0 Å². The van der Waals surface area contributed by atoms with Gasteiger partial charge in [0.1, 0.15) is 0 Å². The van der Waals surface area contributed by atoms with E-state index in [2.05, 4.69) is 97.6 Å². The van der Waals surface area contributed by atoms with Crippen molar-refractivity contribution in [3.05, 3.63) is 90.0 Å². The molecular weight excluding hydrogens is 278 g/mol. The zero-order valence-electron chi connectivity index (χ0n) is 13.9. The minimum Gasteiger partial charge on any atom is -0.310 e. The Labute approximate surface area is 139 Å². The van der Waals surface area contributed by atoms with Gasteiger partial charge in [-0.1, -0.05) is 68.4 Å². The largest absolute Gasteiger partial charge is 0.310 e. The number of para-hydroxylation sites is 3. The first-order valence-electron chi connectivity index (χ1n) is 8.36. The van der Waals surface area contributed by atoms with E-state index in [1.165, 1.54) is 28.2 Å². The first-order valence-corrected chi connectivity index (χ1v) is 8.36. The third kappa shape index (κ3) is 3.14. The smallest absolute Gasteiger partial charge is 0.0525 e. The van der Waals surface area contributed by atoms with E-state index in [0.717, 1.165) is 12.8 Å². The number of benzene rings is 3. The van der Waals surface area contributed by atoms with Crippen LogP contribution < -0.4 is 4.90 Å². The van der Waals surface area contributed by atoms with Gasteiger partial charge in [-0.15, -0.1) is 0 Å². The summed E-state index contributed by atoms with van der Waals surface area (Å²) in [5.74, 6) is 0. The van der Waals surface area contributed by atoms with Gasteiger partial charge in [-0.25, -0.2) is 0 Å². The van der Waals surface area contributed by atoms with Crippen LogP contribution in [0.2, 0.25) is 0 Å². The molecule has 0 fully saturated rings. The lowest BCUT2D eigenvalue weighted by Crippen LogP contribution is -2.14. The van der Waals surface area contributed by atoms with Crippen LogP contribution in [0.5, 0.6) is 0 Å². The maximum absolute atomic E-state index is 2.39. The second-order valence-electron chi connectivity index (χ2n) is 5.64. The van der Waals surface area contributed by atoms with Crippen LogP contribution in [0.15, 0.2) is 78.9 Å². The Balaban J connectivity index is 2.25. The maximum atomic E-state index is 2.39. The highest BCUT2D eigenvalue weighted by Gasteiger charge is 2.17. The van der Waals surface area contributed by atoms with Crippen LogP contribution in [-0.2, 0) is 12.8 Å². The molecule has 0 heterocycles. The van der Waals surface area contributed by atoms with Crippen molar-refractivity contribution in [2.75, 3.05) is 4.90 Å². The van der Waals surface area contributed by atoms with Crippen LogP contribution in [0.25, 0.3) is 0 Å². The molecule has 0 radical (unpaired) electrons. The molecule has 0 atom stereocenters. The maximum Gasteiger partial charge on any atom is 0.0525 e. The Kier molecular flexibility index (Phi) is 4.77. The number of rotatable bonds is 5. The number of hydrogen-bond acceptors (Lipinski definition) is 1. The molecule has 0 aliphatic carbocycles. The van der Waals surface area contributed by atoms with Crippen molar-refractivity contribution in [1.82, 2.24) is 0 Å². The fourth-order valence-electron chi connectivity index (χ4n) is 3.06. The first-order chi connectivity index (χ1) is 11.3. The fraction of sp³-hybridized carbons (Fsp3) is 0.182. The van der Waals surface area contributed by atoms with Crippen molar-refractivity contribution in [1.29, 1.82) is 0 Å². The number of anilines is 3. The normalized spacial score (nSPS) is 10.5. The van der Waals surface area contributed by atoms with Crippen molar-refractivity contribution >= 4 is 17.1 Å². The predicted octanol–water partition coefficient (Wildman–Crippen LogP) is 6.28. The quantitative estimate of drug-likeness (QED) is 0.536. The van der Waals surface area contributed by atoms with Gasteiger partial charge in [-0.2, -0.15) is 0 Å². The zero-order valence-corrected chi connectivity index (χ0v) is 13.9. The van der Waals surface area contributed by atoms with E-state index < -0.39 is 0 Å². The Morgan fingerprint density at radius 2 is 1.00 bits per heavy atom. The molecule has 0 unspecified atom stereocenters. The fourth-order valence-corrected chi connectivity index (χ4v) is 3.06. The molecule has 0 spiro atoms. The van der Waals surface area contributed by atoms with Gasteiger partial charge in [-0.3, -0.25) is 0 Å². The summed E-state index contributed by atoms with van der Waals surface area (Å²) in [6, 6.07) is 27.9. The Morgan fingerprint density at radius 1 is 0.565 bits per heavy atom. The molecule has 0 N–H and O–H groups in total. The van der Waals surface area contributed by atoms with Crippen molar-refractivity contribution in [3.63, 3.8) is 0 Å². The Morgan fingerprint density at radius 3 is 1.39 bits per heavy atom. The number of aryl methyl sites for hydroxylation is 2. The molecule has 0 amide bonds. The Hall–Kier alpha value is -2.54. The van der Waals surface area contributed by atoms with Crippen LogP contribution in [0.4, 0.5) is 17.1 Å². The van der Waals surface area contributed by atoms with Gasteiger partial charge in [-0.05, 0) is 48.2 Å². The van der Waals surface area contributed by atoms with E-state index >= 15 is 0 Å². The third-order valence-electron chi connectivity index (χ3n) is 4.22. The summed E-state index contributed by atoms with van der Waals surface area (Å²) < 4.78 is 0. The summed E-state index contributed by atoms with van der Waals surface area (Å²) in [7, 11) is 0. The molecule has 0 bridgehead atoms. The van der Waals surface area contributed by atoms with Crippen molar-refractivity contribution < 1.29 is 0 Å². The molecular formula is C22H23N. The van der Waals surface area contributed by atoms with E-state index in [9.17, 15) is 0 Å². The second kappa shape index (κ2) is 7.15. The summed E-state index contributed by atoms with van der Waals surface area (Å²) in [5.41, 5.74) is 6.51. The molecule has 1 nitrogen and oxygen atoms in total. The summed E-state index contributed by atoms with van der Waals surface area (Å²) >= 11 is 0. The zero-order chi connectivity index (χ0) is 16.1. The lowest BCUT2D eigenvalue weighted by molar-refractivity contribution is 1.06. The summed E-state index contributed by atoms with van der Waals surface area (Å²) in [6.07, 6.45) is 2.05. The van der Waals surface area contributed by atoms with Gasteiger partial charge in [0.25, 0.3) is 0 Å². The van der Waals surface area contributed by atoms with E-state index in [1.54, 1.807) is 0 Å². The van der Waals surface area contributed by atoms with Gasteiger partial charge < -0.3 is 4.90 Å². The molecule has 0 aromatic heterocycles. The van der Waals surface area contributed by atoms with Crippen LogP contribution in [0.1, 0.15) is 25.0 Å². The second-order valence-corrected chi connectivity index (χ2v) is 5.64. The molecule has 0 saturated heterocycles. The van der Waals surface area contributed by atoms with Gasteiger partial charge in [0.2, 0.25) is 0 Å². The van der Waals surface area contributed by atoms with Crippen LogP contribution in [0, 0.1) is 0 Å². The first kappa shape index (κ1) is 15.4. The van der Waals surface area contributed by atoms with Crippen molar-refractivity contribution in [3.8, 4) is 0 Å². The van der Waals surface area contributed by atoms with Crippen molar-refractivity contribution in [2.45, 2.75) is 26.7 Å². The highest BCUT2D eigenvalue weighted by molar-refractivity contribution is 5.80. The molecule has 0 aliphatic heterocycles. The number of nitrogens with zero attached hydrogens (tertiary/aromatic N) is 1. The van der Waals surface area contributed by atoms with E-state index in [-0.39, 0.29) is 0 Å². The summed E-state index contributed by atoms with van der Waals surface area (Å²) in [4.78, 5) is 2.39. The molecule has 0 saturated carbocycles. The summed E-state index contributed by atoms with van der Waals surface area (Å²) in [5, 5.41) is 0. The molecule has 23 heavy (non-hydrogen) atoms. The molecule has 116 valence electrons. The van der Waals surface area contributed by atoms with Crippen LogP contribution >= 0.6 is 0 Å². The summed E-state index contributed by atoms with van der Waals surface area (Å²) in [6.45, 7) is 4.46. The van der Waals surface area contributed by atoms with Gasteiger partial charge in [0.05, 0.1) is 5.69 Å². The SMILES string of the molecule is CCc1cccc(CC)c1N(c1ccccc1)c1ccccc1.